The summed E-state index contributed by atoms with van der Waals surface area (Å²) in [5, 5.41) is 0. The predicted octanol–water partition coefficient (Wildman–Crippen LogP) is 4.08. The van der Waals surface area contributed by atoms with Gasteiger partial charge in [0.25, 0.3) is 11.8 Å². The van der Waals surface area contributed by atoms with Crippen molar-refractivity contribution in [2.24, 2.45) is 0 Å². The zero-order valence-electron chi connectivity index (χ0n) is 21.7. The standard InChI is InChI=1S/C28H24ClN3O7S2/c1-38-27(35)23(31-41(36,37)19-11-12-22-24(16-19)40-28(29)30-22)15-17-7-9-18(10-8-17)39-14-4-13-32-25(33)20-5-2-3-6-21(20)26(32)34/h2-3,5-12,16,23,31H,4,13-15H2,1H3. The van der Waals surface area contributed by atoms with Gasteiger partial charge in [-0.15, -0.1) is 11.3 Å². The molecule has 0 radical (unpaired) electrons. The summed E-state index contributed by atoms with van der Waals surface area (Å²) in [6.45, 7) is 0.501. The molecule has 3 aromatic carbocycles. The molecule has 1 unspecified atom stereocenters. The molecule has 13 heteroatoms. The van der Waals surface area contributed by atoms with Crippen molar-refractivity contribution in [3.63, 3.8) is 0 Å². The van der Waals surface area contributed by atoms with Gasteiger partial charge >= 0.3 is 5.97 Å². The van der Waals surface area contributed by atoms with Crippen LogP contribution in [0.3, 0.4) is 0 Å². The second-order valence-corrected chi connectivity index (χ2v) is 12.5. The van der Waals surface area contributed by atoms with Gasteiger partial charge in [0, 0.05) is 6.54 Å². The van der Waals surface area contributed by atoms with Crippen LogP contribution in [-0.2, 0) is 26.0 Å². The number of methoxy groups -OCH3 is 1. The van der Waals surface area contributed by atoms with E-state index in [-0.39, 0.29) is 36.3 Å². The Bertz CT molecular complexity index is 1700. The molecule has 2 heterocycles. The summed E-state index contributed by atoms with van der Waals surface area (Å²) < 4.78 is 40.1. The molecular formula is C28H24ClN3O7S2. The summed E-state index contributed by atoms with van der Waals surface area (Å²) in [5.41, 5.74) is 2.07. The fourth-order valence-corrected chi connectivity index (χ4v) is 6.78. The summed E-state index contributed by atoms with van der Waals surface area (Å²) >= 11 is 7.08. The second-order valence-electron chi connectivity index (χ2n) is 9.15. The Balaban J connectivity index is 1.17. The van der Waals surface area contributed by atoms with Crippen molar-refractivity contribution in [1.82, 2.24) is 14.6 Å². The third-order valence-corrected chi connectivity index (χ3v) is 9.06. The van der Waals surface area contributed by atoms with Gasteiger partial charge in [-0.05, 0) is 60.9 Å². The number of ether oxygens (including phenoxy) is 2. The van der Waals surface area contributed by atoms with Crippen LogP contribution in [0.2, 0.25) is 4.47 Å². The molecule has 0 fully saturated rings. The number of thiazole rings is 1. The number of aromatic nitrogens is 1. The lowest BCUT2D eigenvalue weighted by atomic mass is 10.1. The van der Waals surface area contributed by atoms with Crippen LogP contribution in [0.15, 0.2) is 71.6 Å². The zero-order valence-corrected chi connectivity index (χ0v) is 24.1. The van der Waals surface area contributed by atoms with E-state index in [0.717, 1.165) is 11.3 Å². The highest BCUT2D eigenvalue weighted by Gasteiger charge is 2.34. The number of amides is 2. The summed E-state index contributed by atoms with van der Waals surface area (Å²) in [4.78, 5) is 42.7. The van der Waals surface area contributed by atoms with E-state index in [0.29, 0.717) is 43.5 Å². The number of imide groups is 1. The van der Waals surface area contributed by atoms with Crippen LogP contribution < -0.4 is 9.46 Å². The molecule has 1 aromatic heterocycles. The summed E-state index contributed by atoms with van der Waals surface area (Å²) in [6.07, 6.45) is 0.486. The summed E-state index contributed by atoms with van der Waals surface area (Å²) in [6, 6.07) is 16.8. The van der Waals surface area contributed by atoms with Crippen molar-refractivity contribution in [3.8, 4) is 5.75 Å². The Hall–Kier alpha value is -3.84. The molecule has 5 rings (SSSR count). The molecule has 1 aliphatic rings. The molecule has 2 amide bonds. The van der Waals surface area contributed by atoms with E-state index in [1.807, 2.05) is 0 Å². The van der Waals surface area contributed by atoms with Crippen LogP contribution in [0.5, 0.6) is 5.75 Å². The first kappa shape index (κ1) is 28.7. The number of carbonyl (C=O) groups is 3. The number of carbonyl (C=O) groups excluding carboxylic acids is 3. The molecule has 41 heavy (non-hydrogen) atoms. The molecule has 0 bridgehead atoms. The maximum atomic E-state index is 13.1. The number of rotatable bonds is 11. The second kappa shape index (κ2) is 12.0. The summed E-state index contributed by atoms with van der Waals surface area (Å²) in [5.74, 6) is -0.801. The van der Waals surface area contributed by atoms with Gasteiger partial charge in [-0.25, -0.2) is 13.4 Å². The van der Waals surface area contributed by atoms with E-state index in [9.17, 15) is 22.8 Å². The van der Waals surface area contributed by atoms with E-state index in [2.05, 4.69) is 9.71 Å². The van der Waals surface area contributed by atoms with Crippen LogP contribution >= 0.6 is 22.9 Å². The zero-order chi connectivity index (χ0) is 29.1. The van der Waals surface area contributed by atoms with Gasteiger partial charge in [-0.1, -0.05) is 35.9 Å². The highest BCUT2D eigenvalue weighted by molar-refractivity contribution is 7.89. The molecule has 10 nitrogen and oxygen atoms in total. The molecule has 212 valence electrons. The van der Waals surface area contributed by atoms with Crippen LogP contribution in [0.1, 0.15) is 32.7 Å². The van der Waals surface area contributed by atoms with Crippen molar-refractivity contribution in [1.29, 1.82) is 0 Å². The first-order chi connectivity index (χ1) is 19.7. The molecule has 0 saturated heterocycles. The number of hydrogen-bond donors (Lipinski definition) is 1. The van der Waals surface area contributed by atoms with Gasteiger partial charge in [0.1, 0.15) is 11.8 Å². The van der Waals surface area contributed by atoms with Crippen molar-refractivity contribution in [3.05, 3.63) is 87.9 Å². The molecular weight excluding hydrogens is 590 g/mol. The van der Waals surface area contributed by atoms with E-state index >= 15 is 0 Å². The normalized spacial score (nSPS) is 13.9. The SMILES string of the molecule is COC(=O)C(Cc1ccc(OCCCN2C(=O)c3ccccc3C2=O)cc1)NS(=O)(=O)c1ccc2nc(Cl)sc2c1. The van der Waals surface area contributed by atoms with Gasteiger partial charge in [0.15, 0.2) is 4.47 Å². The number of esters is 1. The molecule has 0 aliphatic carbocycles. The fourth-order valence-electron chi connectivity index (χ4n) is 4.43. The van der Waals surface area contributed by atoms with Crippen LogP contribution in [0.4, 0.5) is 0 Å². The fraction of sp³-hybridized carbons (Fsp3) is 0.214. The highest BCUT2D eigenvalue weighted by Crippen LogP contribution is 2.28. The Labute approximate surface area is 244 Å². The van der Waals surface area contributed by atoms with Crippen LogP contribution in [-0.4, -0.2) is 62.4 Å². The first-order valence-corrected chi connectivity index (χ1v) is 15.2. The Morgan fingerprint density at radius 1 is 1.05 bits per heavy atom. The molecule has 0 saturated carbocycles. The van der Waals surface area contributed by atoms with E-state index in [1.165, 1.54) is 24.1 Å². The number of nitrogens with zero attached hydrogens (tertiary/aromatic N) is 2. The van der Waals surface area contributed by atoms with Crippen molar-refractivity contribution in [2.45, 2.75) is 23.8 Å². The Morgan fingerprint density at radius 2 is 1.73 bits per heavy atom. The van der Waals surface area contributed by atoms with Gasteiger partial charge in [-0.2, -0.15) is 4.72 Å². The topological polar surface area (TPSA) is 132 Å². The number of hydrogen-bond acceptors (Lipinski definition) is 9. The molecule has 1 N–H and O–H groups in total. The largest absolute Gasteiger partial charge is 0.494 e. The number of fused-ring (bicyclic) bond motifs is 2. The molecule has 0 spiro atoms. The van der Waals surface area contributed by atoms with Crippen LogP contribution in [0.25, 0.3) is 10.2 Å². The van der Waals surface area contributed by atoms with Gasteiger partial charge in [0.2, 0.25) is 10.0 Å². The molecule has 1 aliphatic heterocycles. The van der Waals surface area contributed by atoms with Gasteiger partial charge in [-0.3, -0.25) is 19.3 Å². The predicted molar refractivity (Wildman–Crippen MR) is 153 cm³/mol. The smallest absolute Gasteiger partial charge is 0.324 e. The lowest BCUT2D eigenvalue weighted by molar-refractivity contribution is -0.142. The number of halogens is 1. The minimum atomic E-state index is -4.06. The van der Waals surface area contributed by atoms with E-state index in [1.54, 1.807) is 54.6 Å². The van der Waals surface area contributed by atoms with E-state index in [4.69, 9.17) is 21.1 Å². The molecule has 4 aromatic rings. The van der Waals surface area contributed by atoms with E-state index < -0.39 is 22.0 Å². The maximum Gasteiger partial charge on any atom is 0.324 e. The minimum absolute atomic E-state index is 0.0239. The monoisotopic (exact) mass is 613 g/mol. The lowest BCUT2D eigenvalue weighted by Gasteiger charge is -2.17. The minimum Gasteiger partial charge on any atom is -0.494 e. The van der Waals surface area contributed by atoms with Crippen molar-refractivity contribution >= 4 is 61.0 Å². The van der Waals surface area contributed by atoms with Crippen molar-refractivity contribution < 1.29 is 32.3 Å². The third-order valence-electron chi connectivity index (χ3n) is 6.46. The Morgan fingerprint density at radius 3 is 2.39 bits per heavy atom. The number of benzene rings is 3. The molecule has 1 atom stereocenters. The highest BCUT2D eigenvalue weighted by atomic mass is 35.5. The first-order valence-electron chi connectivity index (χ1n) is 12.5. The lowest BCUT2D eigenvalue weighted by Crippen LogP contribution is -2.42. The third kappa shape index (κ3) is 6.25. The maximum absolute atomic E-state index is 13.1. The quantitative estimate of drug-likeness (QED) is 0.152. The van der Waals surface area contributed by atoms with Crippen molar-refractivity contribution in [2.75, 3.05) is 20.3 Å². The van der Waals surface area contributed by atoms with Gasteiger partial charge in [0.05, 0.1) is 40.0 Å². The number of sulfonamides is 1. The Kier molecular flexibility index (Phi) is 8.36. The average molecular weight is 614 g/mol. The summed E-state index contributed by atoms with van der Waals surface area (Å²) in [7, 11) is -2.88. The van der Waals surface area contributed by atoms with Crippen LogP contribution in [0, 0.1) is 0 Å². The average Bonchev–Trinajstić information content (AvgIpc) is 3.46. The number of nitrogens with one attached hydrogen (secondary N) is 1. The van der Waals surface area contributed by atoms with Gasteiger partial charge < -0.3 is 9.47 Å².